The number of H-pyrrole nitrogens is 1. The van der Waals surface area contributed by atoms with Gasteiger partial charge in [-0.1, -0.05) is 30.3 Å². The number of imide groups is 1. The lowest BCUT2D eigenvalue weighted by molar-refractivity contribution is 0.0925. The van der Waals surface area contributed by atoms with Gasteiger partial charge in [0.1, 0.15) is 0 Å². The number of amides is 2. The van der Waals surface area contributed by atoms with Gasteiger partial charge in [0.2, 0.25) is 0 Å². The minimum absolute atomic E-state index is 0.268. The molecule has 0 saturated heterocycles. The van der Waals surface area contributed by atoms with Gasteiger partial charge in [0.25, 0.3) is 11.8 Å². The summed E-state index contributed by atoms with van der Waals surface area (Å²) in [6.07, 6.45) is 1.61. The predicted molar refractivity (Wildman–Crippen MR) is 90.8 cm³/mol. The van der Waals surface area contributed by atoms with E-state index in [1.807, 2.05) is 18.2 Å². The molecule has 4 rings (SSSR count). The monoisotopic (exact) mass is 318 g/mol. The number of nitrogens with zero attached hydrogens (tertiary/aromatic N) is 2. The normalized spacial score (nSPS) is 15.0. The lowest BCUT2D eigenvalue weighted by Gasteiger charge is -2.14. The Balaban J connectivity index is 1.94. The Labute approximate surface area is 137 Å². The average Bonchev–Trinajstić information content (AvgIpc) is 3.14. The molecule has 6 heteroatoms. The summed E-state index contributed by atoms with van der Waals surface area (Å²) in [6, 6.07) is 11.8. The number of hydrogen-bond donors (Lipinski definition) is 2. The largest absolute Gasteiger partial charge is 0.321 e. The predicted octanol–water partition coefficient (Wildman–Crippen LogP) is 2.55. The van der Waals surface area contributed by atoms with E-state index < -0.39 is 6.04 Å². The summed E-state index contributed by atoms with van der Waals surface area (Å²) in [5, 5.41) is 7.73. The number of aromatic nitrogens is 2. The third kappa shape index (κ3) is 1.83. The van der Waals surface area contributed by atoms with Crippen molar-refractivity contribution in [3.05, 3.63) is 71.8 Å². The van der Waals surface area contributed by atoms with Crippen LogP contribution < -0.4 is 10.6 Å². The van der Waals surface area contributed by atoms with Crippen LogP contribution in [-0.2, 0) is 0 Å². The third-order valence-electron chi connectivity index (χ3n) is 4.22. The molecule has 0 fully saturated rings. The van der Waals surface area contributed by atoms with Gasteiger partial charge in [-0.3, -0.25) is 14.7 Å². The van der Waals surface area contributed by atoms with Crippen LogP contribution in [0, 0.1) is 0 Å². The summed E-state index contributed by atoms with van der Waals surface area (Å²) in [7, 11) is 0. The lowest BCUT2D eigenvalue weighted by Crippen LogP contribution is -2.30. The molecule has 6 nitrogen and oxygen atoms in total. The molecule has 3 N–H and O–H groups in total. The molecule has 1 unspecified atom stereocenters. The van der Waals surface area contributed by atoms with E-state index in [-0.39, 0.29) is 17.6 Å². The van der Waals surface area contributed by atoms with Crippen molar-refractivity contribution in [3.63, 3.8) is 0 Å². The zero-order valence-corrected chi connectivity index (χ0v) is 12.7. The molecule has 3 aromatic rings. The SMILES string of the molecule is C=CC(N)c1cccc2[nH]nc(N3C(=O)c4ccccc4C3=O)c12. The Kier molecular flexibility index (Phi) is 3.07. The second-order valence-corrected chi connectivity index (χ2v) is 5.57. The minimum Gasteiger partial charge on any atom is -0.321 e. The number of nitrogens with two attached hydrogens (primary N) is 1. The number of aromatic amines is 1. The fourth-order valence-corrected chi connectivity index (χ4v) is 3.03. The van der Waals surface area contributed by atoms with E-state index >= 15 is 0 Å². The average molecular weight is 318 g/mol. The minimum atomic E-state index is -0.430. The highest BCUT2D eigenvalue weighted by Crippen LogP contribution is 2.35. The first-order chi connectivity index (χ1) is 11.6. The Morgan fingerprint density at radius 2 is 1.75 bits per heavy atom. The molecule has 0 saturated carbocycles. The second kappa shape index (κ2) is 5.14. The van der Waals surface area contributed by atoms with Crippen molar-refractivity contribution in [2.45, 2.75) is 6.04 Å². The molecular formula is C18H14N4O2. The summed E-state index contributed by atoms with van der Waals surface area (Å²) in [5.74, 6) is -0.499. The standard InChI is InChI=1S/C18H14N4O2/c1-2-13(19)12-8-5-9-14-15(12)16(21-20-14)22-17(23)10-6-3-4-7-11(10)18(22)24/h2-9,13H,1,19H2,(H,20,21). The van der Waals surface area contributed by atoms with Crippen LogP contribution in [0.3, 0.4) is 0 Å². The van der Waals surface area contributed by atoms with E-state index in [0.29, 0.717) is 22.0 Å². The molecule has 0 aliphatic carbocycles. The van der Waals surface area contributed by atoms with Gasteiger partial charge in [-0.05, 0) is 23.8 Å². The van der Waals surface area contributed by atoms with Crippen LogP contribution in [0.15, 0.2) is 55.1 Å². The van der Waals surface area contributed by atoms with Gasteiger partial charge < -0.3 is 5.73 Å². The smallest absolute Gasteiger partial charge is 0.267 e. The van der Waals surface area contributed by atoms with Gasteiger partial charge in [0.05, 0.1) is 16.6 Å². The molecule has 1 aromatic heterocycles. The molecule has 0 spiro atoms. The van der Waals surface area contributed by atoms with Crippen molar-refractivity contribution >= 4 is 28.5 Å². The summed E-state index contributed by atoms with van der Waals surface area (Å²) < 4.78 is 0. The van der Waals surface area contributed by atoms with E-state index in [9.17, 15) is 9.59 Å². The van der Waals surface area contributed by atoms with Crippen LogP contribution >= 0.6 is 0 Å². The topological polar surface area (TPSA) is 92.1 Å². The number of nitrogens with one attached hydrogen (secondary N) is 1. The van der Waals surface area contributed by atoms with E-state index in [2.05, 4.69) is 16.8 Å². The molecule has 1 aliphatic rings. The van der Waals surface area contributed by atoms with Gasteiger partial charge in [-0.2, -0.15) is 5.10 Å². The van der Waals surface area contributed by atoms with Crippen molar-refractivity contribution in [1.82, 2.24) is 10.2 Å². The third-order valence-corrected chi connectivity index (χ3v) is 4.22. The lowest BCUT2D eigenvalue weighted by atomic mass is 10.0. The number of carbonyl (C=O) groups excluding carboxylic acids is 2. The maximum absolute atomic E-state index is 12.7. The van der Waals surface area contributed by atoms with E-state index in [4.69, 9.17) is 5.73 Å². The van der Waals surface area contributed by atoms with Crippen molar-refractivity contribution in [3.8, 4) is 0 Å². The van der Waals surface area contributed by atoms with Gasteiger partial charge in [0, 0.05) is 11.4 Å². The van der Waals surface area contributed by atoms with Crippen molar-refractivity contribution < 1.29 is 9.59 Å². The fourth-order valence-electron chi connectivity index (χ4n) is 3.03. The number of hydrogen-bond acceptors (Lipinski definition) is 4. The summed E-state index contributed by atoms with van der Waals surface area (Å²) >= 11 is 0. The van der Waals surface area contributed by atoms with Crippen LogP contribution in [0.2, 0.25) is 0 Å². The summed E-state index contributed by atoms with van der Waals surface area (Å²) in [4.78, 5) is 26.5. The van der Waals surface area contributed by atoms with Crippen molar-refractivity contribution in [2.24, 2.45) is 5.73 Å². The molecule has 0 bridgehead atoms. The van der Waals surface area contributed by atoms with Crippen LogP contribution in [0.5, 0.6) is 0 Å². The van der Waals surface area contributed by atoms with Crippen LogP contribution in [0.1, 0.15) is 32.3 Å². The number of carbonyl (C=O) groups is 2. The Morgan fingerprint density at radius 3 is 2.38 bits per heavy atom. The van der Waals surface area contributed by atoms with Crippen molar-refractivity contribution in [1.29, 1.82) is 0 Å². The molecule has 2 amide bonds. The molecule has 1 aliphatic heterocycles. The highest BCUT2D eigenvalue weighted by molar-refractivity contribution is 6.35. The van der Waals surface area contributed by atoms with Crippen molar-refractivity contribution in [2.75, 3.05) is 4.90 Å². The van der Waals surface area contributed by atoms with Crippen LogP contribution in [0.25, 0.3) is 10.9 Å². The van der Waals surface area contributed by atoms with Gasteiger partial charge in [-0.25, -0.2) is 4.90 Å². The number of rotatable bonds is 3. The Hall–Kier alpha value is -3.25. The Morgan fingerprint density at radius 1 is 1.08 bits per heavy atom. The van der Waals surface area contributed by atoms with Crippen LogP contribution in [-0.4, -0.2) is 22.0 Å². The van der Waals surface area contributed by atoms with Gasteiger partial charge in [0.15, 0.2) is 5.82 Å². The van der Waals surface area contributed by atoms with Crippen LogP contribution in [0.4, 0.5) is 5.82 Å². The maximum atomic E-state index is 12.7. The fraction of sp³-hybridized carbons (Fsp3) is 0.0556. The second-order valence-electron chi connectivity index (χ2n) is 5.57. The maximum Gasteiger partial charge on any atom is 0.267 e. The molecule has 24 heavy (non-hydrogen) atoms. The number of anilines is 1. The highest BCUT2D eigenvalue weighted by Gasteiger charge is 2.38. The first-order valence-corrected chi connectivity index (χ1v) is 7.46. The highest BCUT2D eigenvalue weighted by atomic mass is 16.2. The van der Waals surface area contributed by atoms with E-state index in [1.54, 1.807) is 30.3 Å². The Bertz CT molecular complexity index is 970. The first kappa shape index (κ1) is 14.3. The van der Waals surface area contributed by atoms with Gasteiger partial charge >= 0.3 is 0 Å². The summed E-state index contributed by atoms with van der Waals surface area (Å²) in [6.45, 7) is 3.71. The molecular weight excluding hydrogens is 304 g/mol. The molecule has 1 atom stereocenters. The quantitative estimate of drug-likeness (QED) is 0.573. The number of fused-ring (bicyclic) bond motifs is 2. The van der Waals surface area contributed by atoms with Gasteiger partial charge in [-0.15, -0.1) is 6.58 Å². The first-order valence-electron chi connectivity index (χ1n) is 7.46. The molecule has 0 radical (unpaired) electrons. The molecule has 2 heterocycles. The van der Waals surface area contributed by atoms with E-state index in [0.717, 1.165) is 10.5 Å². The zero-order chi connectivity index (χ0) is 16.8. The molecule has 2 aromatic carbocycles. The summed E-state index contributed by atoms with van der Waals surface area (Å²) in [5.41, 5.74) is 8.31. The number of benzene rings is 2. The zero-order valence-electron chi connectivity index (χ0n) is 12.7. The molecule has 118 valence electrons. The van der Waals surface area contributed by atoms with E-state index in [1.165, 1.54) is 0 Å².